The van der Waals surface area contributed by atoms with Crippen molar-refractivity contribution >= 4 is 22.7 Å². The highest BCUT2D eigenvalue weighted by molar-refractivity contribution is 7.86. The normalized spacial score (nSPS) is 27.9. The SMILES string of the molecule is COc1cc(/C=C2\CC3(CN4C2=NNC(C)C4c2ccc(F)cc2)CS(=O)C3)ccc1-n1cnc(C)c1. The van der Waals surface area contributed by atoms with Gasteiger partial charge in [-0.3, -0.25) is 4.21 Å². The maximum Gasteiger partial charge on any atom is 0.152 e. The minimum atomic E-state index is -0.785. The summed E-state index contributed by atoms with van der Waals surface area (Å²) >= 11 is 0. The minimum Gasteiger partial charge on any atom is -0.495 e. The number of aromatic nitrogens is 2. The van der Waals surface area contributed by atoms with Crippen LogP contribution < -0.4 is 10.2 Å². The van der Waals surface area contributed by atoms with E-state index in [4.69, 9.17) is 9.84 Å². The van der Waals surface area contributed by atoms with Crippen LogP contribution in [0.15, 0.2) is 65.7 Å². The van der Waals surface area contributed by atoms with E-state index in [-0.39, 0.29) is 23.3 Å². The van der Waals surface area contributed by atoms with Crippen LogP contribution in [0, 0.1) is 18.2 Å². The minimum absolute atomic E-state index is 0.0101. The number of rotatable bonds is 4. The standard InChI is InChI=1S/C28H30FN5O2S/c1-18-13-33(17-30-18)24-9-4-20(11-25(24)36-3)10-22-12-28(15-37(35)16-28)14-34-26(19(2)31-32-27(22)34)21-5-7-23(29)8-6-21/h4-11,13,17,19,26,31H,12,14-16H2,1-3H3/b22-10+. The molecule has 3 aromatic rings. The Morgan fingerprint density at radius 2 is 2.00 bits per heavy atom. The molecule has 3 aliphatic rings. The van der Waals surface area contributed by atoms with E-state index in [2.05, 4.69) is 34.4 Å². The Labute approximate surface area is 218 Å². The van der Waals surface area contributed by atoms with Crippen LogP contribution in [0.1, 0.15) is 36.2 Å². The van der Waals surface area contributed by atoms with Crippen LogP contribution in [0.5, 0.6) is 5.75 Å². The maximum absolute atomic E-state index is 13.7. The van der Waals surface area contributed by atoms with E-state index in [9.17, 15) is 8.60 Å². The first kappa shape index (κ1) is 23.9. The smallest absolute Gasteiger partial charge is 0.152 e. The Balaban J connectivity index is 1.40. The number of nitrogens with zero attached hydrogens (tertiary/aromatic N) is 4. The summed E-state index contributed by atoms with van der Waals surface area (Å²) in [4.78, 5) is 6.67. The second kappa shape index (κ2) is 9.13. The number of ether oxygens (including phenoxy) is 1. The van der Waals surface area contributed by atoms with Crippen molar-refractivity contribution in [1.82, 2.24) is 19.9 Å². The van der Waals surface area contributed by atoms with Gasteiger partial charge in [0.1, 0.15) is 11.6 Å². The zero-order valence-electron chi connectivity index (χ0n) is 21.1. The molecule has 3 aliphatic heterocycles. The Morgan fingerprint density at radius 3 is 2.68 bits per heavy atom. The number of methoxy groups -OCH3 is 1. The molecule has 7 nitrogen and oxygen atoms in total. The molecule has 1 spiro atoms. The molecular weight excluding hydrogens is 489 g/mol. The first-order valence-electron chi connectivity index (χ1n) is 12.4. The van der Waals surface area contributed by atoms with Gasteiger partial charge in [0, 0.05) is 40.5 Å². The molecule has 192 valence electrons. The van der Waals surface area contributed by atoms with Crippen molar-refractivity contribution in [3.05, 3.63) is 83.2 Å². The van der Waals surface area contributed by atoms with Gasteiger partial charge in [-0.15, -0.1) is 0 Å². The Kier molecular flexibility index (Phi) is 5.90. The Bertz CT molecular complexity index is 1420. The summed E-state index contributed by atoms with van der Waals surface area (Å²) in [5, 5.41) is 4.79. The molecule has 1 aromatic heterocycles. The topological polar surface area (TPSA) is 71.8 Å². The van der Waals surface area contributed by atoms with E-state index in [1.54, 1.807) is 13.4 Å². The highest BCUT2D eigenvalue weighted by Crippen LogP contribution is 2.46. The fourth-order valence-corrected chi connectivity index (χ4v) is 7.53. The second-order valence-electron chi connectivity index (χ2n) is 10.4. The number of piperidine rings is 1. The van der Waals surface area contributed by atoms with Crippen LogP contribution in [-0.2, 0) is 10.8 Å². The molecule has 37 heavy (non-hydrogen) atoms. The first-order chi connectivity index (χ1) is 17.8. The van der Waals surface area contributed by atoms with E-state index >= 15 is 0 Å². The molecule has 4 heterocycles. The largest absolute Gasteiger partial charge is 0.495 e. The molecule has 0 aliphatic carbocycles. The number of aryl methyl sites for hydroxylation is 1. The predicted molar refractivity (Wildman–Crippen MR) is 144 cm³/mol. The van der Waals surface area contributed by atoms with Crippen molar-refractivity contribution in [3.63, 3.8) is 0 Å². The number of hydrogen-bond acceptors (Lipinski definition) is 6. The van der Waals surface area contributed by atoms with Crippen molar-refractivity contribution in [2.24, 2.45) is 10.5 Å². The summed E-state index contributed by atoms with van der Waals surface area (Å²) in [5.74, 6) is 2.77. The summed E-state index contributed by atoms with van der Waals surface area (Å²) < 4.78 is 33.7. The molecule has 2 atom stereocenters. The second-order valence-corrected chi connectivity index (χ2v) is 11.9. The predicted octanol–water partition coefficient (Wildman–Crippen LogP) is 4.21. The van der Waals surface area contributed by atoms with Crippen molar-refractivity contribution in [2.75, 3.05) is 25.2 Å². The fourth-order valence-electron chi connectivity index (χ4n) is 5.86. The van der Waals surface area contributed by atoms with E-state index in [1.807, 2.05) is 42.0 Å². The van der Waals surface area contributed by atoms with Crippen molar-refractivity contribution in [2.45, 2.75) is 32.4 Å². The Hall–Kier alpha value is -3.46. The molecule has 0 saturated carbocycles. The van der Waals surface area contributed by atoms with Crippen LogP contribution in [0.3, 0.4) is 0 Å². The third-order valence-corrected chi connectivity index (χ3v) is 9.36. The maximum atomic E-state index is 13.7. The lowest BCUT2D eigenvalue weighted by Gasteiger charge is -2.54. The summed E-state index contributed by atoms with van der Waals surface area (Å²) in [6.45, 7) is 4.84. The highest BCUT2D eigenvalue weighted by atomic mass is 32.2. The van der Waals surface area contributed by atoms with Crippen molar-refractivity contribution < 1.29 is 13.3 Å². The third-order valence-electron chi connectivity index (χ3n) is 7.49. The molecule has 2 fully saturated rings. The Morgan fingerprint density at radius 1 is 1.22 bits per heavy atom. The number of hydrogen-bond donors (Lipinski definition) is 1. The summed E-state index contributed by atoms with van der Waals surface area (Å²) in [6.07, 6.45) is 6.72. The first-order valence-corrected chi connectivity index (χ1v) is 13.9. The van der Waals surface area contributed by atoms with Gasteiger partial charge in [-0.25, -0.2) is 9.37 Å². The molecule has 2 unspecified atom stereocenters. The van der Waals surface area contributed by atoms with Crippen LogP contribution >= 0.6 is 0 Å². The van der Waals surface area contributed by atoms with Gasteiger partial charge >= 0.3 is 0 Å². The number of halogens is 1. The number of amidine groups is 1. The molecule has 0 amide bonds. The summed E-state index contributed by atoms with van der Waals surface area (Å²) in [6, 6.07) is 12.9. The lowest BCUT2D eigenvalue weighted by molar-refractivity contribution is 0.147. The molecule has 0 bridgehead atoms. The number of fused-ring (bicyclic) bond motifs is 1. The van der Waals surface area contributed by atoms with Gasteiger partial charge in [-0.05, 0) is 67.3 Å². The van der Waals surface area contributed by atoms with Gasteiger partial charge in [0.2, 0.25) is 0 Å². The van der Waals surface area contributed by atoms with Gasteiger partial charge in [0.25, 0.3) is 0 Å². The van der Waals surface area contributed by atoms with E-state index in [1.165, 1.54) is 12.1 Å². The number of nitrogens with one attached hydrogen (secondary N) is 1. The number of benzene rings is 2. The average Bonchev–Trinajstić information content (AvgIpc) is 3.30. The van der Waals surface area contributed by atoms with Gasteiger partial charge in [0.15, 0.2) is 5.84 Å². The van der Waals surface area contributed by atoms with Crippen LogP contribution in [-0.4, -0.2) is 55.7 Å². The number of hydrazone groups is 1. The van der Waals surface area contributed by atoms with E-state index < -0.39 is 10.8 Å². The van der Waals surface area contributed by atoms with Crippen LogP contribution in [0.4, 0.5) is 4.39 Å². The lowest BCUT2D eigenvalue weighted by Crippen LogP contribution is -2.62. The highest BCUT2D eigenvalue weighted by Gasteiger charge is 2.51. The lowest BCUT2D eigenvalue weighted by atomic mass is 9.77. The monoisotopic (exact) mass is 519 g/mol. The molecule has 0 radical (unpaired) electrons. The zero-order chi connectivity index (χ0) is 25.7. The third kappa shape index (κ3) is 4.35. The van der Waals surface area contributed by atoms with Crippen molar-refractivity contribution in [1.29, 1.82) is 0 Å². The van der Waals surface area contributed by atoms with Gasteiger partial charge in [0.05, 0.1) is 36.9 Å². The summed E-state index contributed by atoms with van der Waals surface area (Å²) in [5.41, 5.74) is 8.25. The zero-order valence-corrected chi connectivity index (χ0v) is 22.0. The molecule has 2 aromatic carbocycles. The molecule has 6 rings (SSSR count). The van der Waals surface area contributed by atoms with Crippen LogP contribution in [0.25, 0.3) is 11.8 Å². The van der Waals surface area contributed by atoms with Gasteiger partial charge in [-0.2, -0.15) is 5.10 Å². The van der Waals surface area contributed by atoms with Gasteiger partial charge in [-0.1, -0.05) is 18.2 Å². The van der Waals surface area contributed by atoms with Crippen molar-refractivity contribution in [3.8, 4) is 11.4 Å². The van der Waals surface area contributed by atoms with E-state index in [0.29, 0.717) is 11.5 Å². The molecule has 2 saturated heterocycles. The van der Waals surface area contributed by atoms with Crippen LogP contribution in [0.2, 0.25) is 0 Å². The fraction of sp³-hybridized carbons (Fsp3) is 0.357. The molecule has 1 N–H and O–H groups in total. The molecule has 9 heteroatoms. The average molecular weight is 520 g/mol. The molecular formula is C28H30FN5O2S. The van der Waals surface area contributed by atoms with Gasteiger partial charge < -0.3 is 19.6 Å². The summed E-state index contributed by atoms with van der Waals surface area (Å²) in [7, 11) is 0.886. The van der Waals surface area contributed by atoms with E-state index in [0.717, 1.165) is 52.6 Å². The number of imidazole rings is 1. The quantitative estimate of drug-likeness (QED) is 0.559.